The predicted octanol–water partition coefficient (Wildman–Crippen LogP) is 0.195. The number of fused-ring (bicyclic) bond motifs is 1. The quantitative estimate of drug-likeness (QED) is 0.665. The molecule has 0 saturated carbocycles. The number of carboxylic acid groups (broad SMARTS) is 1. The van der Waals surface area contributed by atoms with Gasteiger partial charge in [0.2, 0.25) is 5.95 Å². The third-order valence-electron chi connectivity index (χ3n) is 2.45. The smallest absolute Gasteiger partial charge is 0.354 e. The number of hydrogen-bond donors (Lipinski definition) is 2. The minimum Gasteiger partial charge on any atom is -0.477 e. The number of nitrogens with two attached hydrogens (primary N) is 1. The first kappa shape index (κ1) is 10.3. The molecule has 0 saturated heterocycles. The van der Waals surface area contributed by atoms with Gasteiger partial charge < -0.3 is 10.8 Å². The van der Waals surface area contributed by atoms with Gasteiger partial charge in [-0.1, -0.05) is 0 Å². The van der Waals surface area contributed by atoms with Crippen molar-refractivity contribution in [2.45, 2.75) is 0 Å². The molecule has 0 aliphatic rings. The molecule has 0 bridgehead atoms. The van der Waals surface area contributed by atoms with E-state index in [1.54, 1.807) is 29.2 Å². The third-order valence-corrected chi connectivity index (χ3v) is 2.45. The van der Waals surface area contributed by atoms with E-state index in [-0.39, 0.29) is 11.6 Å². The van der Waals surface area contributed by atoms with Crippen molar-refractivity contribution in [1.82, 2.24) is 24.4 Å². The molecule has 90 valence electrons. The highest BCUT2D eigenvalue weighted by molar-refractivity contribution is 5.87. The van der Waals surface area contributed by atoms with Crippen LogP contribution in [0.4, 0.5) is 5.95 Å². The number of aromatic carboxylic acids is 1. The number of nitrogens with zero attached hydrogens (tertiary/aromatic N) is 5. The molecule has 18 heavy (non-hydrogen) atoms. The molecule has 0 amide bonds. The van der Waals surface area contributed by atoms with Gasteiger partial charge in [-0.2, -0.15) is 10.1 Å². The average Bonchev–Trinajstić information content (AvgIpc) is 2.94. The highest BCUT2D eigenvalue weighted by Gasteiger charge is 2.15. The molecule has 0 atom stereocenters. The largest absolute Gasteiger partial charge is 0.477 e. The number of rotatable bonds is 2. The Kier molecular flexibility index (Phi) is 2.03. The minimum absolute atomic E-state index is 0.00916. The molecule has 0 fully saturated rings. The first-order valence-electron chi connectivity index (χ1n) is 5.05. The van der Waals surface area contributed by atoms with Crippen LogP contribution in [0.15, 0.2) is 30.6 Å². The molecule has 3 aromatic rings. The Labute approximate surface area is 100 Å². The van der Waals surface area contributed by atoms with E-state index in [1.807, 2.05) is 0 Å². The highest BCUT2D eigenvalue weighted by Crippen LogP contribution is 2.16. The summed E-state index contributed by atoms with van der Waals surface area (Å²) >= 11 is 0. The normalized spacial score (nSPS) is 10.9. The lowest BCUT2D eigenvalue weighted by molar-refractivity contribution is 0.0687. The number of nitrogen functional groups attached to an aromatic ring is 1. The first-order chi connectivity index (χ1) is 8.66. The number of pyridine rings is 1. The van der Waals surface area contributed by atoms with E-state index in [0.29, 0.717) is 11.3 Å². The summed E-state index contributed by atoms with van der Waals surface area (Å²) in [5, 5.41) is 17.0. The van der Waals surface area contributed by atoms with Crippen molar-refractivity contribution in [1.29, 1.82) is 0 Å². The summed E-state index contributed by atoms with van der Waals surface area (Å²) in [5.74, 6) is -1.09. The minimum atomic E-state index is -1.10. The molecule has 0 spiro atoms. The molecular weight excluding hydrogens is 236 g/mol. The monoisotopic (exact) mass is 244 g/mol. The second kappa shape index (κ2) is 3.55. The van der Waals surface area contributed by atoms with E-state index in [0.717, 1.165) is 0 Å². The Balaban J connectivity index is 2.36. The van der Waals surface area contributed by atoms with Crippen molar-refractivity contribution in [2.24, 2.45) is 0 Å². The fourth-order valence-electron chi connectivity index (χ4n) is 1.72. The van der Waals surface area contributed by atoms with Crippen molar-refractivity contribution in [3.05, 3.63) is 36.3 Å². The van der Waals surface area contributed by atoms with Crippen molar-refractivity contribution < 1.29 is 9.90 Å². The summed E-state index contributed by atoms with van der Waals surface area (Å²) in [5.41, 5.74) is 6.46. The Morgan fingerprint density at radius 3 is 2.89 bits per heavy atom. The van der Waals surface area contributed by atoms with Crippen LogP contribution in [-0.4, -0.2) is 35.5 Å². The molecule has 3 N–H and O–H groups in total. The fraction of sp³-hybridized carbons (Fsp3) is 0. The van der Waals surface area contributed by atoms with Gasteiger partial charge in [0, 0.05) is 12.4 Å². The Hall–Kier alpha value is -2.90. The van der Waals surface area contributed by atoms with Gasteiger partial charge in [-0.25, -0.2) is 14.0 Å². The zero-order chi connectivity index (χ0) is 12.7. The molecule has 0 radical (unpaired) electrons. The Morgan fingerprint density at radius 1 is 1.39 bits per heavy atom. The van der Waals surface area contributed by atoms with E-state index in [1.165, 1.54) is 10.6 Å². The van der Waals surface area contributed by atoms with Crippen molar-refractivity contribution in [2.75, 3.05) is 5.73 Å². The lowest BCUT2D eigenvalue weighted by Crippen LogP contribution is -2.09. The van der Waals surface area contributed by atoms with Gasteiger partial charge >= 0.3 is 5.97 Å². The number of hydrogen-bond acceptors (Lipinski definition) is 5. The van der Waals surface area contributed by atoms with Crippen LogP contribution in [0.3, 0.4) is 0 Å². The lowest BCUT2D eigenvalue weighted by atomic mass is 10.3. The molecule has 8 nitrogen and oxygen atoms in total. The van der Waals surface area contributed by atoms with Crippen LogP contribution in [0, 0.1) is 0 Å². The molecule has 0 aliphatic carbocycles. The number of carboxylic acids is 1. The fourth-order valence-corrected chi connectivity index (χ4v) is 1.72. The summed E-state index contributed by atoms with van der Waals surface area (Å²) in [6.07, 6.45) is 3.34. The van der Waals surface area contributed by atoms with Gasteiger partial charge in [0.05, 0.1) is 0 Å². The predicted molar refractivity (Wildman–Crippen MR) is 61.5 cm³/mol. The van der Waals surface area contributed by atoms with E-state index < -0.39 is 5.97 Å². The number of carbonyl (C=O) groups is 1. The lowest BCUT2D eigenvalue weighted by Gasteiger charge is -2.04. The second-order valence-corrected chi connectivity index (χ2v) is 3.57. The van der Waals surface area contributed by atoms with Gasteiger partial charge in [-0.05, 0) is 18.2 Å². The van der Waals surface area contributed by atoms with Crippen LogP contribution in [0.2, 0.25) is 0 Å². The van der Waals surface area contributed by atoms with Crippen LogP contribution in [0.5, 0.6) is 0 Å². The van der Waals surface area contributed by atoms with Crippen molar-refractivity contribution in [3.8, 4) is 5.69 Å². The molecule has 0 aromatic carbocycles. The standard InChI is InChI=1S/C10H8N6O2/c11-10-13-8-6(15-5-1-4-12-15)2-3-7(9(17)18)16(8)14-10/h1-5H,(H2,11,14)(H,17,18). The summed E-state index contributed by atoms with van der Waals surface area (Å²) in [4.78, 5) is 15.1. The van der Waals surface area contributed by atoms with Crippen LogP contribution < -0.4 is 5.73 Å². The summed E-state index contributed by atoms with van der Waals surface area (Å²) in [7, 11) is 0. The van der Waals surface area contributed by atoms with Gasteiger partial charge in [0.15, 0.2) is 11.3 Å². The third kappa shape index (κ3) is 1.39. The first-order valence-corrected chi connectivity index (χ1v) is 5.05. The van der Waals surface area contributed by atoms with E-state index >= 15 is 0 Å². The second-order valence-electron chi connectivity index (χ2n) is 3.57. The molecule has 3 heterocycles. The summed E-state index contributed by atoms with van der Waals surface area (Å²) < 4.78 is 2.75. The topological polar surface area (TPSA) is 111 Å². The van der Waals surface area contributed by atoms with Crippen molar-refractivity contribution >= 4 is 17.6 Å². The zero-order valence-corrected chi connectivity index (χ0v) is 9.06. The average molecular weight is 244 g/mol. The van der Waals surface area contributed by atoms with E-state index in [2.05, 4.69) is 15.2 Å². The maximum Gasteiger partial charge on any atom is 0.354 e. The van der Waals surface area contributed by atoms with Gasteiger partial charge in [0.1, 0.15) is 5.69 Å². The number of aromatic nitrogens is 5. The molecule has 3 rings (SSSR count). The molecule has 8 heteroatoms. The molecular formula is C10H8N6O2. The maximum absolute atomic E-state index is 11.1. The maximum atomic E-state index is 11.1. The van der Waals surface area contributed by atoms with Crippen LogP contribution in [0.25, 0.3) is 11.3 Å². The SMILES string of the molecule is Nc1nc2c(-n3cccn3)ccc(C(=O)O)n2n1. The van der Waals surface area contributed by atoms with Crippen LogP contribution in [-0.2, 0) is 0 Å². The molecule has 0 aliphatic heterocycles. The van der Waals surface area contributed by atoms with Gasteiger partial charge in [-0.3, -0.25) is 0 Å². The number of anilines is 1. The van der Waals surface area contributed by atoms with E-state index in [4.69, 9.17) is 10.8 Å². The highest BCUT2D eigenvalue weighted by atomic mass is 16.4. The van der Waals surface area contributed by atoms with Crippen LogP contribution >= 0.6 is 0 Å². The molecule has 3 aromatic heterocycles. The zero-order valence-electron chi connectivity index (χ0n) is 9.06. The van der Waals surface area contributed by atoms with Gasteiger partial charge in [-0.15, -0.1) is 5.10 Å². The molecule has 0 unspecified atom stereocenters. The Bertz CT molecular complexity index is 730. The van der Waals surface area contributed by atoms with Gasteiger partial charge in [0.25, 0.3) is 0 Å². The van der Waals surface area contributed by atoms with Crippen LogP contribution in [0.1, 0.15) is 10.5 Å². The summed E-state index contributed by atoms with van der Waals surface area (Å²) in [6.45, 7) is 0. The van der Waals surface area contributed by atoms with Crippen molar-refractivity contribution in [3.63, 3.8) is 0 Å². The summed E-state index contributed by atoms with van der Waals surface area (Å²) in [6, 6.07) is 4.79. The Morgan fingerprint density at radius 2 is 2.22 bits per heavy atom. The van der Waals surface area contributed by atoms with E-state index in [9.17, 15) is 4.79 Å².